The largest absolute Gasteiger partial charge is 0.399 e. The van der Waals surface area contributed by atoms with E-state index in [1.165, 1.54) is 18.4 Å². The van der Waals surface area contributed by atoms with E-state index in [1.807, 2.05) is 12.1 Å². The summed E-state index contributed by atoms with van der Waals surface area (Å²) in [5, 5.41) is 4.13. The van der Waals surface area contributed by atoms with Gasteiger partial charge in [0.1, 0.15) is 0 Å². The fraction of sp³-hybridized carbons (Fsp3) is 0.467. The van der Waals surface area contributed by atoms with E-state index in [0.29, 0.717) is 0 Å². The molecule has 98 valence electrons. The molecule has 0 aliphatic heterocycles. The van der Waals surface area contributed by atoms with Gasteiger partial charge in [0.15, 0.2) is 5.82 Å². The highest BCUT2D eigenvalue weighted by Crippen LogP contribution is 2.53. The quantitative estimate of drug-likeness (QED) is 0.853. The summed E-state index contributed by atoms with van der Waals surface area (Å²) in [6.45, 7) is 0. The van der Waals surface area contributed by atoms with Crippen molar-refractivity contribution in [3.8, 4) is 0 Å². The fourth-order valence-corrected chi connectivity index (χ4v) is 2.66. The van der Waals surface area contributed by atoms with E-state index in [9.17, 15) is 0 Å². The van der Waals surface area contributed by atoms with Gasteiger partial charge in [-0.25, -0.2) is 0 Å². The van der Waals surface area contributed by atoms with Crippen LogP contribution < -0.4 is 5.73 Å². The van der Waals surface area contributed by atoms with Crippen molar-refractivity contribution < 1.29 is 4.52 Å². The molecule has 2 aliphatic carbocycles. The fourth-order valence-electron chi connectivity index (χ4n) is 2.66. The molecular weight excluding hydrogens is 238 g/mol. The molecule has 2 N–H and O–H groups in total. The van der Waals surface area contributed by atoms with Crippen LogP contribution in [-0.4, -0.2) is 10.1 Å². The second kappa shape index (κ2) is 3.83. The molecule has 0 radical (unpaired) electrons. The molecule has 2 saturated carbocycles. The minimum atomic E-state index is -0.0392. The SMILES string of the molecule is Nc1ccc(C2(c3nc(CC4CC4)no3)CC2)cc1. The number of rotatable bonds is 4. The van der Waals surface area contributed by atoms with Crippen LogP contribution in [0.25, 0.3) is 0 Å². The lowest BCUT2D eigenvalue weighted by Crippen LogP contribution is -2.09. The molecule has 0 atom stereocenters. The van der Waals surface area contributed by atoms with Gasteiger partial charge in [-0.15, -0.1) is 0 Å². The van der Waals surface area contributed by atoms with Crippen molar-refractivity contribution in [1.29, 1.82) is 0 Å². The Morgan fingerprint density at radius 1 is 1.21 bits per heavy atom. The first kappa shape index (κ1) is 11.0. The lowest BCUT2D eigenvalue weighted by Gasteiger charge is -2.10. The van der Waals surface area contributed by atoms with Crippen LogP contribution in [0.5, 0.6) is 0 Å². The van der Waals surface area contributed by atoms with Gasteiger partial charge in [0.2, 0.25) is 5.89 Å². The van der Waals surface area contributed by atoms with Crippen LogP contribution in [0.2, 0.25) is 0 Å². The Bertz CT molecular complexity index is 594. The molecule has 4 heteroatoms. The maximum absolute atomic E-state index is 5.74. The Morgan fingerprint density at radius 3 is 2.58 bits per heavy atom. The minimum Gasteiger partial charge on any atom is -0.399 e. The number of hydrogen-bond acceptors (Lipinski definition) is 4. The number of hydrogen-bond donors (Lipinski definition) is 1. The topological polar surface area (TPSA) is 64.9 Å². The molecule has 0 unspecified atom stereocenters. The summed E-state index contributed by atoms with van der Waals surface area (Å²) in [5.41, 5.74) is 7.73. The number of nitrogens with two attached hydrogens (primary N) is 1. The lowest BCUT2D eigenvalue weighted by atomic mass is 9.96. The van der Waals surface area contributed by atoms with Crippen molar-refractivity contribution in [1.82, 2.24) is 10.1 Å². The van der Waals surface area contributed by atoms with Gasteiger partial charge >= 0.3 is 0 Å². The van der Waals surface area contributed by atoms with Crippen molar-refractivity contribution in [3.63, 3.8) is 0 Å². The summed E-state index contributed by atoms with van der Waals surface area (Å²) in [4.78, 5) is 4.61. The van der Waals surface area contributed by atoms with Crippen molar-refractivity contribution in [2.24, 2.45) is 5.92 Å². The first-order valence-corrected chi connectivity index (χ1v) is 6.95. The molecule has 19 heavy (non-hydrogen) atoms. The summed E-state index contributed by atoms with van der Waals surface area (Å²) < 4.78 is 5.51. The predicted molar refractivity (Wildman–Crippen MR) is 71.6 cm³/mol. The molecule has 2 aromatic rings. The second-order valence-electron chi connectivity index (χ2n) is 5.87. The van der Waals surface area contributed by atoms with E-state index in [1.54, 1.807) is 0 Å². The third kappa shape index (κ3) is 1.91. The highest BCUT2D eigenvalue weighted by Gasteiger charge is 2.51. The van der Waals surface area contributed by atoms with E-state index in [2.05, 4.69) is 22.3 Å². The molecule has 2 aliphatic rings. The zero-order valence-electron chi connectivity index (χ0n) is 10.8. The molecule has 1 aromatic heterocycles. The normalized spacial score (nSPS) is 20.4. The minimum absolute atomic E-state index is 0.0392. The molecule has 4 rings (SSSR count). The number of nitrogens with zero attached hydrogens (tertiary/aromatic N) is 2. The zero-order chi connectivity index (χ0) is 12.9. The third-order valence-electron chi connectivity index (χ3n) is 4.26. The molecule has 4 nitrogen and oxygen atoms in total. The van der Waals surface area contributed by atoms with E-state index >= 15 is 0 Å². The van der Waals surface area contributed by atoms with Gasteiger partial charge in [0, 0.05) is 12.1 Å². The van der Waals surface area contributed by atoms with Crippen LogP contribution in [-0.2, 0) is 11.8 Å². The molecular formula is C15H17N3O. The molecule has 0 spiro atoms. The monoisotopic (exact) mass is 255 g/mol. The lowest BCUT2D eigenvalue weighted by molar-refractivity contribution is 0.355. The third-order valence-corrected chi connectivity index (χ3v) is 4.26. The van der Waals surface area contributed by atoms with Gasteiger partial charge in [0.05, 0.1) is 5.41 Å². The number of nitrogen functional groups attached to an aromatic ring is 1. The number of anilines is 1. The maximum atomic E-state index is 5.74. The van der Waals surface area contributed by atoms with Crippen LogP contribution in [0.15, 0.2) is 28.8 Å². The standard InChI is InChI=1S/C15H17N3O/c16-12-5-3-11(4-6-12)15(7-8-15)14-17-13(18-19-14)9-10-1-2-10/h3-6,10H,1-2,7-9,16H2. The van der Waals surface area contributed by atoms with Crippen LogP contribution in [0.1, 0.15) is 43.0 Å². The average molecular weight is 255 g/mol. The summed E-state index contributed by atoms with van der Waals surface area (Å²) in [6, 6.07) is 8.04. The van der Waals surface area contributed by atoms with E-state index in [-0.39, 0.29) is 5.41 Å². The summed E-state index contributed by atoms with van der Waals surface area (Å²) >= 11 is 0. The molecule has 1 heterocycles. The molecule has 0 saturated heterocycles. The van der Waals surface area contributed by atoms with Crippen LogP contribution in [0.3, 0.4) is 0 Å². The Kier molecular flexibility index (Phi) is 2.22. The average Bonchev–Trinajstić information content (AvgIpc) is 3.32. The van der Waals surface area contributed by atoms with Gasteiger partial charge in [-0.05, 0) is 49.3 Å². The van der Waals surface area contributed by atoms with Gasteiger partial charge in [0.25, 0.3) is 0 Å². The van der Waals surface area contributed by atoms with Crippen molar-refractivity contribution in [3.05, 3.63) is 41.5 Å². The predicted octanol–water partition coefficient (Wildman–Crippen LogP) is 2.68. The van der Waals surface area contributed by atoms with Crippen LogP contribution in [0, 0.1) is 5.92 Å². The molecule has 0 bridgehead atoms. The first-order chi connectivity index (χ1) is 9.26. The Labute approximate surface area is 112 Å². The van der Waals surface area contributed by atoms with Gasteiger partial charge in [-0.2, -0.15) is 4.98 Å². The Morgan fingerprint density at radius 2 is 1.95 bits per heavy atom. The van der Waals surface area contributed by atoms with Gasteiger partial charge in [-0.3, -0.25) is 0 Å². The van der Waals surface area contributed by atoms with Crippen LogP contribution in [0.4, 0.5) is 5.69 Å². The summed E-state index contributed by atoms with van der Waals surface area (Å²) in [5.74, 6) is 2.45. The summed E-state index contributed by atoms with van der Waals surface area (Å²) in [7, 11) is 0. The highest BCUT2D eigenvalue weighted by atomic mass is 16.5. The number of benzene rings is 1. The Hall–Kier alpha value is -1.84. The molecule has 2 fully saturated rings. The highest BCUT2D eigenvalue weighted by molar-refractivity contribution is 5.45. The number of aromatic nitrogens is 2. The molecule has 0 amide bonds. The van der Waals surface area contributed by atoms with Crippen molar-refractivity contribution in [2.75, 3.05) is 5.73 Å². The smallest absolute Gasteiger partial charge is 0.237 e. The molecule has 1 aromatic carbocycles. The van der Waals surface area contributed by atoms with Crippen molar-refractivity contribution >= 4 is 5.69 Å². The zero-order valence-corrected chi connectivity index (χ0v) is 10.8. The van der Waals surface area contributed by atoms with Crippen LogP contribution >= 0.6 is 0 Å². The van der Waals surface area contributed by atoms with Gasteiger partial charge in [-0.1, -0.05) is 17.3 Å². The maximum Gasteiger partial charge on any atom is 0.237 e. The van der Waals surface area contributed by atoms with Crippen molar-refractivity contribution in [2.45, 2.75) is 37.5 Å². The second-order valence-corrected chi connectivity index (χ2v) is 5.87. The first-order valence-electron chi connectivity index (χ1n) is 6.95. The van der Waals surface area contributed by atoms with E-state index < -0.39 is 0 Å². The Balaban J connectivity index is 1.62. The summed E-state index contributed by atoms with van der Waals surface area (Å²) in [6.07, 6.45) is 5.77. The van der Waals surface area contributed by atoms with E-state index in [4.69, 9.17) is 10.3 Å². The van der Waals surface area contributed by atoms with E-state index in [0.717, 1.165) is 42.6 Å². The van der Waals surface area contributed by atoms with Gasteiger partial charge < -0.3 is 10.3 Å².